The Morgan fingerprint density at radius 2 is 1.33 bits per heavy atom. The lowest BCUT2D eigenvalue weighted by Crippen LogP contribution is -2.38. The van der Waals surface area contributed by atoms with E-state index in [9.17, 15) is 13.9 Å². The molecular formula is C8H19NO7P2. The number of hydrogen-bond donors (Lipinski definition) is 4. The van der Waals surface area contributed by atoms with Crippen LogP contribution >= 0.6 is 15.2 Å². The third kappa shape index (κ3) is 8.80. The molecule has 0 aliphatic heterocycles. The van der Waals surface area contributed by atoms with E-state index in [1.165, 1.54) is 0 Å². The quantitative estimate of drug-likeness (QED) is 0.479. The van der Waals surface area contributed by atoms with E-state index in [1.807, 2.05) is 0 Å². The van der Waals surface area contributed by atoms with E-state index in [4.69, 9.17) is 19.6 Å². The summed E-state index contributed by atoms with van der Waals surface area (Å²) < 4.78 is 21.5. The number of hydrogen-bond acceptors (Lipinski definition) is 3. The van der Waals surface area contributed by atoms with Gasteiger partial charge in [-0.1, -0.05) is 13.8 Å². The second kappa shape index (κ2) is 6.80. The second-order valence-corrected chi connectivity index (χ2v) is 7.81. The summed E-state index contributed by atoms with van der Waals surface area (Å²) >= 11 is 0. The minimum absolute atomic E-state index is 0.221. The van der Waals surface area contributed by atoms with Gasteiger partial charge in [0.15, 0.2) is 0 Å². The van der Waals surface area contributed by atoms with Crippen LogP contribution in [0.15, 0.2) is 0 Å². The summed E-state index contributed by atoms with van der Waals surface area (Å²) in [5, 5.41) is 0. The first-order chi connectivity index (χ1) is 7.92. The zero-order valence-electron chi connectivity index (χ0n) is 10.3. The van der Waals surface area contributed by atoms with E-state index >= 15 is 0 Å². The standard InChI is InChI=1S/C8H19NO7P2/c1-7(2)8(10)9(3-5-17(11,12)13)4-6-18(14,15)16/h7H,3-6H2,1-2H3,(H2,11,12,13)(H2,14,15,16). The Bertz CT molecular complexity index is 346. The predicted octanol–water partition coefficient (Wildman–Crippen LogP) is -0.174. The van der Waals surface area contributed by atoms with Gasteiger partial charge in [0.2, 0.25) is 5.91 Å². The van der Waals surface area contributed by atoms with Gasteiger partial charge in [-0.05, 0) is 0 Å². The fraction of sp³-hybridized carbons (Fsp3) is 0.875. The molecule has 0 aliphatic rings. The van der Waals surface area contributed by atoms with E-state index in [0.29, 0.717) is 0 Å². The number of amides is 1. The van der Waals surface area contributed by atoms with Gasteiger partial charge in [-0.2, -0.15) is 0 Å². The lowest BCUT2D eigenvalue weighted by atomic mass is 10.2. The highest BCUT2D eigenvalue weighted by Crippen LogP contribution is 2.35. The SMILES string of the molecule is CC(C)C(=O)N(CCP(=O)(O)O)CCP(=O)(O)O. The van der Waals surface area contributed by atoms with Crippen molar-refractivity contribution >= 4 is 21.1 Å². The van der Waals surface area contributed by atoms with Crippen LogP contribution in [0.25, 0.3) is 0 Å². The minimum atomic E-state index is -4.24. The van der Waals surface area contributed by atoms with Crippen LogP contribution in [0.3, 0.4) is 0 Å². The molecule has 0 spiro atoms. The number of nitrogens with zero attached hydrogens (tertiary/aromatic N) is 1. The van der Waals surface area contributed by atoms with E-state index < -0.39 is 39.3 Å². The van der Waals surface area contributed by atoms with Crippen LogP contribution < -0.4 is 0 Å². The molecule has 0 fully saturated rings. The maximum atomic E-state index is 11.7. The first-order valence-electron chi connectivity index (χ1n) is 5.30. The molecule has 0 radical (unpaired) electrons. The molecule has 0 saturated carbocycles. The Labute approximate surface area is 105 Å². The molecule has 0 aliphatic carbocycles. The third-order valence-corrected chi connectivity index (χ3v) is 3.69. The smallest absolute Gasteiger partial charge is 0.327 e. The van der Waals surface area contributed by atoms with E-state index in [1.54, 1.807) is 13.8 Å². The third-order valence-electron chi connectivity index (χ3n) is 2.13. The molecule has 18 heavy (non-hydrogen) atoms. The van der Waals surface area contributed by atoms with E-state index in [-0.39, 0.29) is 13.1 Å². The van der Waals surface area contributed by atoms with Crippen molar-refractivity contribution in [2.75, 3.05) is 25.4 Å². The van der Waals surface area contributed by atoms with Crippen molar-refractivity contribution in [2.24, 2.45) is 5.92 Å². The molecule has 4 N–H and O–H groups in total. The summed E-state index contributed by atoms with van der Waals surface area (Å²) in [5.41, 5.74) is 0. The maximum absolute atomic E-state index is 11.7. The van der Waals surface area contributed by atoms with Crippen molar-refractivity contribution in [1.82, 2.24) is 4.90 Å². The Morgan fingerprint density at radius 3 is 1.56 bits per heavy atom. The van der Waals surface area contributed by atoms with Gasteiger partial charge >= 0.3 is 15.2 Å². The average Bonchev–Trinajstić information content (AvgIpc) is 2.13. The molecule has 0 aromatic rings. The maximum Gasteiger partial charge on any atom is 0.327 e. The molecular weight excluding hydrogens is 284 g/mol. The van der Waals surface area contributed by atoms with Gasteiger partial charge in [-0.3, -0.25) is 13.9 Å². The van der Waals surface area contributed by atoms with E-state index in [2.05, 4.69) is 0 Å². The largest absolute Gasteiger partial charge is 0.341 e. The first kappa shape index (κ1) is 17.8. The van der Waals surface area contributed by atoms with Gasteiger partial charge in [0.25, 0.3) is 0 Å². The fourth-order valence-corrected chi connectivity index (χ4v) is 2.20. The summed E-state index contributed by atoms with van der Waals surface area (Å²) in [5.74, 6) is -0.796. The summed E-state index contributed by atoms with van der Waals surface area (Å²) in [6.45, 7) is 2.76. The molecule has 0 unspecified atom stereocenters. The Kier molecular flexibility index (Phi) is 6.71. The lowest BCUT2D eigenvalue weighted by molar-refractivity contribution is -0.133. The van der Waals surface area contributed by atoms with Gasteiger partial charge in [0.05, 0.1) is 12.3 Å². The number of carbonyl (C=O) groups is 1. The van der Waals surface area contributed by atoms with Crippen LogP contribution in [0.4, 0.5) is 0 Å². The van der Waals surface area contributed by atoms with Crippen molar-refractivity contribution in [3.8, 4) is 0 Å². The van der Waals surface area contributed by atoms with Crippen LogP contribution in [0.1, 0.15) is 13.8 Å². The summed E-state index contributed by atoms with van der Waals surface area (Å²) in [6, 6.07) is 0. The molecule has 0 aromatic heterocycles. The summed E-state index contributed by atoms with van der Waals surface area (Å²) in [7, 11) is -8.48. The van der Waals surface area contributed by atoms with Crippen LogP contribution in [-0.4, -0.2) is 55.8 Å². The van der Waals surface area contributed by atoms with Gasteiger partial charge < -0.3 is 24.5 Å². The normalized spacial score (nSPS) is 12.8. The zero-order valence-corrected chi connectivity index (χ0v) is 12.0. The number of rotatable bonds is 7. The molecule has 0 aromatic carbocycles. The van der Waals surface area contributed by atoms with Gasteiger partial charge in [-0.25, -0.2) is 0 Å². The van der Waals surface area contributed by atoms with Crippen molar-refractivity contribution in [3.05, 3.63) is 0 Å². The second-order valence-electron chi connectivity index (χ2n) is 4.26. The van der Waals surface area contributed by atoms with Crippen LogP contribution in [-0.2, 0) is 13.9 Å². The topological polar surface area (TPSA) is 135 Å². The molecule has 0 atom stereocenters. The Balaban J connectivity index is 4.58. The molecule has 108 valence electrons. The number of carbonyl (C=O) groups excluding carboxylic acids is 1. The Morgan fingerprint density at radius 1 is 1.00 bits per heavy atom. The van der Waals surface area contributed by atoms with Gasteiger partial charge in [0, 0.05) is 19.0 Å². The van der Waals surface area contributed by atoms with Crippen LogP contribution in [0.5, 0.6) is 0 Å². The minimum Gasteiger partial charge on any atom is -0.341 e. The summed E-state index contributed by atoms with van der Waals surface area (Å²) in [6.07, 6.45) is -1.04. The van der Waals surface area contributed by atoms with Crippen LogP contribution in [0, 0.1) is 5.92 Å². The monoisotopic (exact) mass is 303 g/mol. The molecule has 0 saturated heterocycles. The lowest BCUT2D eigenvalue weighted by Gasteiger charge is -2.24. The van der Waals surface area contributed by atoms with Gasteiger partial charge in [0.1, 0.15) is 0 Å². The van der Waals surface area contributed by atoms with Crippen molar-refractivity contribution < 1.29 is 33.5 Å². The highest BCUT2D eigenvalue weighted by molar-refractivity contribution is 7.52. The highest BCUT2D eigenvalue weighted by atomic mass is 31.2. The van der Waals surface area contributed by atoms with E-state index in [0.717, 1.165) is 4.90 Å². The fourth-order valence-electron chi connectivity index (χ4n) is 1.20. The summed E-state index contributed by atoms with van der Waals surface area (Å²) in [4.78, 5) is 47.7. The zero-order chi connectivity index (χ0) is 14.6. The first-order valence-corrected chi connectivity index (χ1v) is 8.90. The van der Waals surface area contributed by atoms with Gasteiger partial charge in [-0.15, -0.1) is 0 Å². The molecule has 10 heteroatoms. The molecule has 0 bridgehead atoms. The Hall–Kier alpha value is -0.230. The molecule has 1 amide bonds. The van der Waals surface area contributed by atoms with Crippen molar-refractivity contribution in [2.45, 2.75) is 13.8 Å². The predicted molar refractivity (Wildman–Crippen MR) is 65.2 cm³/mol. The molecule has 0 heterocycles. The highest BCUT2D eigenvalue weighted by Gasteiger charge is 2.24. The van der Waals surface area contributed by atoms with Crippen molar-refractivity contribution in [3.63, 3.8) is 0 Å². The average molecular weight is 303 g/mol. The molecule has 8 nitrogen and oxygen atoms in total. The van der Waals surface area contributed by atoms with Crippen LogP contribution in [0.2, 0.25) is 0 Å². The molecule has 0 rings (SSSR count). The van der Waals surface area contributed by atoms with Crippen molar-refractivity contribution in [1.29, 1.82) is 0 Å².